The molecule has 4 heteroatoms. The first-order chi connectivity index (χ1) is 9.65. The molecule has 0 atom stereocenters. The van der Waals surface area contributed by atoms with E-state index in [4.69, 9.17) is 4.74 Å². The summed E-state index contributed by atoms with van der Waals surface area (Å²) in [4.78, 5) is 0. The van der Waals surface area contributed by atoms with Gasteiger partial charge < -0.3 is 14.4 Å². The third-order valence-electron chi connectivity index (χ3n) is 3.27. The van der Waals surface area contributed by atoms with Gasteiger partial charge in [-0.1, -0.05) is 6.07 Å². The Balaban J connectivity index is 1.89. The zero-order valence-electron chi connectivity index (χ0n) is 11.0. The fourth-order valence-corrected chi connectivity index (χ4v) is 2.31. The number of benzene rings is 2. The van der Waals surface area contributed by atoms with E-state index >= 15 is 0 Å². The molecule has 0 saturated heterocycles. The molecule has 3 rings (SSSR count). The van der Waals surface area contributed by atoms with Crippen LogP contribution in [0.15, 0.2) is 48.7 Å². The Labute approximate surface area is 115 Å². The van der Waals surface area contributed by atoms with Gasteiger partial charge in [-0.2, -0.15) is 0 Å². The molecule has 0 aliphatic carbocycles. The molecular formula is C16H14FNO2. The van der Waals surface area contributed by atoms with Gasteiger partial charge in [0.05, 0.1) is 5.52 Å². The van der Waals surface area contributed by atoms with Crippen molar-refractivity contribution in [3.05, 3.63) is 60.0 Å². The van der Waals surface area contributed by atoms with E-state index in [0.29, 0.717) is 11.1 Å². The number of hydrogen-bond acceptors (Lipinski definition) is 2. The van der Waals surface area contributed by atoms with Gasteiger partial charge in [-0.05, 0) is 36.4 Å². The van der Waals surface area contributed by atoms with E-state index in [1.165, 1.54) is 6.07 Å². The van der Waals surface area contributed by atoms with E-state index in [2.05, 4.69) is 0 Å². The van der Waals surface area contributed by atoms with Crippen molar-refractivity contribution in [2.24, 2.45) is 7.05 Å². The maximum absolute atomic E-state index is 13.9. The number of halogens is 1. The van der Waals surface area contributed by atoms with Gasteiger partial charge in [0.1, 0.15) is 23.9 Å². The lowest BCUT2D eigenvalue weighted by molar-refractivity contribution is 0.306. The van der Waals surface area contributed by atoms with Gasteiger partial charge in [0.2, 0.25) is 0 Å². The van der Waals surface area contributed by atoms with Gasteiger partial charge in [0.25, 0.3) is 0 Å². The molecular weight excluding hydrogens is 257 g/mol. The molecule has 0 radical (unpaired) electrons. The van der Waals surface area contributed by atoms with E-state index in [1.807, 2.05) is 23.9 Å². The SMILES string of the molecule is Cn1cc(COc2ccc(O)cc2)c2c(F)cccc21. The van der Waals surface area contributed by atoms with Gasteiger partial charge in [-0.3, -0.25) is 0 Å². The zero-order valence-corrected chi connectivity index (χ0v) is 11.0. The third kappa shape index (κ3) is 2.20. The minimum absolute atomic E-state index is 0.188. The molecule has 0 amide bonds. The van der Waals surface area contributed by atoms with E-state index in [1.54, 1.807) is 30.3 Å². The van der Waals surface area contributed by atoms with Crippen LogP contribution in [0.1, 0.15) is 5.56 Å². The Morgan fingerprint density at radius 2 is 1.90 bits per heavy atom. The van der Waals surface area contributed by atoms with Crippen molar-refractivity contribution < 1.29 is 14.2 Å². The monoisotopic (exact) mass is 271 g/mol. The normalized spacial score (nSPS) is 10.9. The van der Waals surface area contributed by atoms with E-state index in [0.717, 1.165) is 11.1 Å². The molecule has 3 nitrogen and oxygen atoms in total. The summed E-state index contributed by atoms with van der Waals surface area (Å²) in [5.74, 6) is 0.581. The van der Waals surface area contributed by atoms with Crippen LogP contribution in [-0.4, -0.2) is 9.67 Å². The highest BCUT2D eigenvalue weighted by atomic mass is 19.1. The number of phenols is 1. The van der Waals surface area contributed by atoms with Crippen molar-refractivity contribution in [2.45, 2.75) is 6.61 Å². The quantitative estimate of drug-likeness (QED) is 0.789. The molecule has 0 saturated carbocycles. The number of hydrogen-bond donors (Lipinski definition) is 1. The second kappa shape index (κ2) is 4.89. The van der Waals surface area contributed by atoms with Crippen LogP contribution in [0.4, 0.5) is 4.39 Å². The summed E-state index contributed by atoms with van der Waals surface area (Å²) in [5, 5.41) is 9.81. The maximum Gasteiger partial charge on any atom is 0.132 e. The molecule has 2 aromatic carbocycles. The van der Waals surface area contributed by atoms with E-state index < -0.39 is 0 Å². The van der Waals surface area contributed by atoms with Crippen LogP contribution in [0.3, 0.4) is 0 Å². The number of fused-ring (bicyclic) bond motifs is 1. The number of aromatic hydroxyl groups is 1. The first-order valence-electron chi connectivity index (χ1n) is 6.29. The highest BCUT2D eigenvalue weighted by Gasteiger charge is 2.11. The molecule has 0 spiro atoms. The van der Waals surface area contributed by atoms with Gasteiger partial charge in [0.15, 0.2) is 0 Å². The molecule has 1 aromatic heterocycles. The summed E-state index contributed by atoms with van der Waals surface area (Å²) in [6, 6.07) is 11.5. The summed E-state index contributed by atoms with van der Waals surface area (Å²) < 4.78 is 21.5. The average Bonchev–Trinajstić information content (AvgIpc) is 2.77. The molecule has 0 aliphatic rings. The van der Waals surface area contributed by atoms with Crippen molar-refractivity contribution in [3.63, 3.8) is 0 Å². The predicted octanol–water partition coefficient (Wildman–Crippen LogP) is 3.60. The fraction of sp³-hybridized carbons (Fsp3) is 0.125. The van der Waals surface area contributed by atoms with E-state index in [9.17, 15) is 9.50 Å². The van der Waals surface area contributed by atoms with Crippen molar-refractivity contribution in [2.75, 3.05) is 0 Å². The van der Waals surface area contributed by atoms with Crippen LogP contribution in [0, 0.1) is 5.82 Å². The summed E-state index contributed by atoms with van der Waals surface area (Å²) >= 11 is 0. The molecule has 20 heavy (non-hydrogen) atoms. The molecule has 0 fully saturated rings. The standard InChI is InChI=1S/C16H14FNO2/c1-18-9-11(16-14(17)3-2-4-15(16)18)10-20-13-7-5-12(19)6-8-13/h2-9,19H,10H2,1H3. The average molecular weight is 271 g/mol. The largest absolute Gasteiger partial charge is 0.508 e. The van der Waals surface area contributed by atoms with Gasteiger partial charge in [0, 0.05) is 24.2 Å². The highest BCUT2D eigenvalue weighted by Crippen LogP contribution is 2.25. The summed E-state index contributed by atoms with van der Waals surface area (Å²) in [6.45, 7) is 0.281. The van der Waals surface area contributed by atoms with Gasteiger partial charge in [-0.25, -0.2) is 4.39 Å². The molecule has 3 aromatic rings. The lowest BCUT2D eigenvalue weighted by atomic mass is 10.2. The smallest absolute Gasteiger partial charge is 0.132 e. The van der Waals surface area contributed by atoms with Crippen LogP contribution in [0.5, 0.6) is 11.5 Å². The van der Waals surface area contributed by atoms with Crippen LogP contribution in [0.25, 0.3) is 10.9 Å². The minimum Gasteiger partial charge on any atom is -0.508 e. The van der Waals surface area contributed by atoms with Crippen LogP contribution in [0.2, 0.25) is 0 Å². The Morgan fingerprint density at radius 3 is 2.65 bits per heavy atom. The molecule has 1 N–H and O–H groups in total. The first kappa shape index (κ1) is 12.5. The number of ether oxygens (including phenoxy) is 1. The second-order valence-corrected chi connectivity index (χ2v) is 4.68. The molecule has 102 valence electrons. The van der Waals surface area contributed by atoms with Crippen molar-refractivity contribution in [1.82, 2.24) is 4.57 Å². The highest BCUT2D eigenvalue weighted by molar-refractivity contribution is 5.84. The lowest BCUT2D eigenvalue weighted by Gasteiger charge is -2.05. The third-order valence-corrected chi connectivity index (χ3v) is 3.27. The summed E-state index contributed by atoms with van der Waals surface area (Å²) in [6.07, 6.45) is 1.87. The number of nitrogens with zero attached hydrogens (tertiary/aromatic N) is 1. The lowest BCUT2D eigenvalue weighted by Crippen LogP contribution is -1.95. The summed E-state index contributed by atoms with van der Waals surface area (Å²) in [5.41, 5.74) is 1.64. The Hall–Kier alpha value is -2.49. The Bertz CT molecular complexity index is 747. The number of aromatic nitrogens is 1. The van der Waals surface area contributed by atoms with Crippen molar-refractivity contribution in [3.8, 4) is 11.5 Å². The topological polar surface area (TPSA) is 34.4 Å². The molecule has 0 unspecified atom stereocenters. The minimum atomic E-state index is -0.243. The van der Waals surface area contributed by atoms with Gasteiger partial charge >= 0.3 is 0 Å². The summed E-state index contributed by atoms with van der Waals surface area (Å²) in [7, 11) is 1.88. The van der Waals surface area contributed by atoms with Crippen LogP contribution in [-0.2, 0) is 13.7 Å². The van der Waals surface area contributed by atoms with E-state index in [-0.39, 0.29) is 18.2 Å². The Morgan fingerprint density at radius 1 is 1.15 bits per heavy atom. The molecule has 0 aliphatic heterocycles. The second-order valence-electron chi connectivity index (χ2n) is 4.68. The Kier molecular flexibility index (Phi) is 3.06. The van der Waals surface area contributed by atoms with Gasteiger partial charge in [-0.15, -0.1) is 0 Å². The first-order valence-corrected chi connectivity index (χ1v) is 6.29. The number of rotatable bonds is 3. The number of aryl methyl sites for hydroxylation is 1. The van der Waals surface area contributed by atoms with Crippen molar-refractivity contribution >= 4 is 10.9 Å². The predicted molar refractivity (Wildman–Crippen MR) is 75.3 cm³/mol. The molecule has 1 heterocycles. The molecule has 0 bridgehead atoms. The fourth-order valence-electron chi connectivity index (χ4n) is 2.31. The zero-order chi connectivity index (χ0) is 14.1. The maximum atomic E-state index is 13.9. The number of phenolic OH excluding ortho intramolecular Hbond substituents is 1. The van der Waals surface area contributed by atoms with Crippen LogP contribution >= 0.6 is 0 Å². The van der Waals surface area contributed by atoms with Crippen LogP contribution < -0.4 is 4.74 Å². The van der Waals surface area contributed by atoms with Crippen molar-refractivity contribution in [1.29, 1.82) is 0 Å².